The van der Waals surface area contributed by atoms with Crippen molar-refractivity contribution in [3.63, 3.8) is 0 Å². The monoisotopic (exact) mass is 247 g/mol. The molecule has 1 amide bonds. The molecule has 1 N–H and O–H groups in total. The number of amides is 1. The molecule has 2 unspecified atom stereocenters. The summed E-state index contributed by atoms with van der Waals surface area (Å²) in [7, 11) is 1.84. The van der Waals surface area contributed by atoms with E-state index >= 15 is 0 Å². The van der Waals surface area contributed by atoms with E-state index in [9.17, 15) is 4.79 Å². The van der Waals surface area contributed by atoms with Crippen LogP contribution < -0.4 is 5.32 Å². The molecule has 98 valence electrons. The summed E-state index contributed by atoms with van der Waals surface area (Å²) in [5, 5.41) is 3.00. The molecule has 1 fully saturated rings. The molecule has 1 aliphatic heterocycles. The number of carbonyl (C=O) groups excluding carboxylic acids is 1. The number of carbonyl (C=O) groups is 1. The minimum Gasteiger partial charge on any atom is -0.387 e. The van der Waals surface area contributed by atoms with Gasteiger partial charge in [-0.3, -0.25) is 4.79 Å². The first-order valence-corrected chi connectivity index (χ1v) is 6.56. The Kier molecular flexibility index (Phi) is 3.84. The minimum atomic E-state index is 0.0528. The van der Waals surface area contributed by atoms with E-state index in [2.05, 4.69) is 24.1 Å². The molecule has 2 rings (SSSR count). The lowest BCUT2D eigenvalue weighted by atomic mass is 9.93. The van der Waals surface area contributed by atoms with Crippen LogP contribution in [0.3, 0.4) is 0 Å². The van der Waals surface area contributed by atoms with Gasteiger partial charge in [-0.2, -0.15) is 0 Å². The van der Waals surface area contributed by atoms with Gasteiger partial charge in [0.1, 0.15) is 5.69 Å². The summed E-state index contributed by atoms with van der Waals surface area (Å²) in [5.74, 6) is 0.765. The number of nitrogens with one attached hydrogen (secondary N) is 1. The second-order valence-electron chi connectivity index (χ2n) is 5.16. The first kappa shape index (κ1) is 12.9. The lowest BCUT2D eigenvalue weighted by Gasteiger charge is -2.36. The Morgan fingerprint density at radius 2 is 2.22 bits per heavy atom. The molecule has 2 heterocycles. The maximum absolute atomic E-state index is 12.4. The van der Waals surface area contributed by atoms with Gasteiger partial charge >= 0.3 is 0 Å². The van der Waals surface area contributed by atoms with Crippen LogP contribution in [-0.2, 0) is 0 Å². The zero-order valence-corrected chi connectivity index (χ0v) is 11.3. The van der Waals surface area contributed by atoms with E-state index < -0.39 is 0 Å². The molecule has 0 aromatic carbocycles. The molecule has 0 radical (unpaired) electrons. The van der Waals surface area contributed by atoms with Crippen LogP contribution in [0.2, 0.25) is 0 Å². The van der Waals surface area contributed by atoms with Crippen LogP contribution in [0.25, 0.3) is 0 Å². The van der Waals surface area contributed by atoms with Crippen molar-refractivity contribution in [2.24, 2.45) is 5.92 Å². The van der Waals surface area contributed by atoms with Crippen molar-refractivity contribution >= 4 is 11.6 Å². The molecule has 0 aliphatic carbocycles. The highest BCUT2D eigenvalue weighted by Crippen LogP contribution is 2.23. The predicted molar refractivity (Wildman–Crippen MR) is 72.7 cm³/mol. The zero-order chi connectivity index (χ0) is 13.1. The maximum atomic E-state index is 12.4. The van der Waals surface area contributed by atoms with E-state index in [-0.39, 0.29) is 5.91 Å². The molecule has 4 nitrogen and oxygen atoms in total. The van der Waals surface area contributed by atoms with E-state index in [1.54, 1.807) is 12.3 Å². The Hall–Kier alpha value is -1.58. The largest absolute Gasteiger partial charge is 0.387 e. The first-order valence-electron chi connectivity index (χ1n) is 6.56. The fraction of sp³-hybridized carbons (Fsp3) is 0.571. The van der Waals surface area contributed by atoms with Gasteiger partial charge in [0.2, 0.25) is 0 Å². The number of rotatable bonds is 2. The Morgan fingerprint density at radius 1 is 1.44 bits per heavy atom. The molecule has 1 aliphatic rings. The molecule has 1 aromatic heterocycles. The summed E-state index contributed by atoms with van der Waals surface area (Å²) in [6.45, 7) is 5.21. The summed E-state index contributed by atoms with van der Waals surface area (Å²) >= 11 is 0. The van der Waals surface area contributed by atoms with E-state index in [1.165, 1.54) is 0 Å². The van der Waals surface area contributed by atoms with Crippen LogP contribution in [0.15, 0.2) is 18.3 Å². The smallest absolute Gasteiger partial charge is 0.272 e. The second-order valence-corrected chi connectivity index (χ2v) is 5.16. The van der Waals surface area contributed by atoms with E-state index in [1.807, 2.05) is 18.0 Å². The molecular weight excluding hydrogens is 226 g/mol. The normalized spacial score (nSPS) is 23.8. The van der Waals surface area contributed by atoms with Gasteiger partial charge in [-0.25, -0.2) is 4.98 Å². The van der Waals surface area contributed by atoms with Crippen molar-refractivity contribution in [3.05, 3.63) is 24.0 Å². The molecular formula is C14H21N3O. The highest BCUT2D eigenvalue weighted by molar-refractivity contribution is 5.92. The Balaban J connectivity index is 2.10. The Bertz CT molecular complexity index is 416. The molecule has 4 heteroatoms. The predicted octanol–water partition coefficient (Wildman–Crippen LogP) is 2.38. The SMILES string of the molecule is CNc1ccc(C(=O)N2CCC(C)CC2C)nc1. The van der Waals surface area contributed by atoms with Crippen molar-refractivity contribution in [1.29, 1.82) is 0 Å². The summed E-state index contributed by atoms with van der Waals surface area (Å²) in [5.41, 5.74) is 1.46. The molecule has 1 aromatic rings. The van der Waals surface area contributed by atoms with Crippen molar-refractivity contribution in [3.8, 4) is 0 Å². The molecule has 0 spiro atoms. The van der Waals surface area contributed by atoms with Crippen LogP contribution >= 0.6 is 0 Å². The lowest BCUT2D eigenvalue weighted by molar-refractivity contribution is 0.0582. The van der Waals surface area contributed by atoms with Gasteiger partial charge in [0.15, 0.2) is 0 Å². The van der Waals surface area contributed by atoms with Crippen LogP contribution in [0.5, 0.6) is 0 Å². The van der Waals surface area contributed by atoms with Crippen molar-refractivity contribution in [1.82, 2.24) is 9.88 Å². The average molecular weight is 247 g/mol. The second kappa shape index (κ2) is 5.38. The third-order valence-electron chi connectivity index (χ3n) is 3.67. The number of hydrogen-bond donors (Lipinski definition) is 1. The van der Waals surface area contributed by atoms with Gasteiger partial charge in [-0.15, -0.1) is 0 Å². The van der Waals surface area contributed by atoms with Gasteiger partial charge < -0.3 is 10.2 Å². The molecule has 0 saturated carbocycles. The molecule has 1 saturated heterocycles. The van der Waals surface area contributed by atoms with Crippen LogP contribution in [-0.4, -0.2) is 35.4 Å². The fourth-order valence-corrected chi connectivity index (χ4v) is 2.52. The fourth-order valence-electron chi connectivity index (χ4n) is 2.52. The number of aromatic nitrogens is 1. The summed E-state index contributed by atoms with van der Waals surface area (Å²) in [4.78, 5) is 18.5. The highest BCUT2D eigenvalue weighted by atomic mass is 16.2. The van der Waals surface area contributed by atoms with Crippen molar-refractivity contribution in [2.45, 2.75) is 32.7 Å². The summed E-state index contributed by atoms with van der Waals surface area (Å²) in [6.07, 6.45) is 3.87. The number of nitrogens with zero attached hydrogens (tertiary/aromatic N) is 2. The number of piperidine rings is 1. The maximum Gasteiger partial charge on any atom is 0.272 e. The van der Waals surface area contributed by atoms with Gasteiger partial charge in [0.25, 0.3) is 5.91 Å². The topological polar surface area (TPSA) is 45.2 Å². The van der Waals surface area contributed by atoms with Gasteiger partial charge in [-0.05, 0) is 37.8 Å². The molecule has 2 atom stereocenters. The number of hydrogen-bond acceptors (Lipinski definition) is 3. The van der Waals surface area contributed by atoms with E-state index in [4.69, 9.17) is 0 Å². The lowest BCUT2D eigenvalue weighted by Crippen LogP contribution is -2.44. The number of anilines is 1. The van der Waals surface area contributed by atoms with E-state index in [0.29, 0.717) is 17.7 Å². The highest BCUT2D eigenvalue weighted by Gasteiger charge is 2.27. The summed E-state index contributed by atoms with van der Waals surface area (Å²) in [6, 6.07) is 3.99. The van der Waals surface area contributed by atoms with Crippen LogP contribution in [0.1, 0.15) is 37.2 Å². The Morgan fingerprint density at radius 3 is 2.78 bits per heavy atom. The number of pyridine rings is 1. The molecule has 18 heavy (non-hydrogen) atoms. The summed E-state index contributed by atoms with van der Waals surface area (Å²) < 4.78 is 0. The standard InChI is InChI=1S/C14H21N3O/c1-10-6-7-17(11(2)8-10)14(18)13-5-4-12(15-3)9-16-13/h4-5,9-11,15H,6-8H2,1-3H3. The average Bonchev–Trinajstić information content (AvgIpc) is 2.38. The zero-order valence-electron chi connectivity index (χ0n) is 11.3. The number of likely N-dealkylation sites (tertiary alicyclic amines) is 1. The third kappa shape index (κ3) is 2.63. The van der Waals surface area contributed by atoms with Crippen molar-refractivity contribution in [2.75, 3.05) is 18.9 Å². The quantitative estimate of drug-likeness (QED) is 0.872. The van der Waals surface area contributed by atoms with Crippen molar-refractivity contribution < 1.29 is 4.79 Å². The Labute approximate surface area is 108 Å². The third-order valence-corrected chi connectivity index (χ3v) is 3.67. The first-order chi connectivity index (χ1) is 8.61. The van der Waals surface area contributed by atoms with Gasteiger partial charge in [-0.1, -0.05) is 6.92 Å². The molecule has 0 bridgehead atoms. The van der Waals surface area contributed by atoms with Gasteiger partial charge in [0, 0.05) is 19.6 Å². The van der Waals surface area contributed by atoms with Gasteiger partial charge in [0.05, 0.1) is 11.9 Å². The van der Waals surface area contributed by atoms with Crippen LogP contribution in [0, 0.1) is 5.92 Å². The van der Waals surface area contributed by atoms with Crippen LogP contribution in [0.4, 0.5) is 5.69 Å². The van der Waals surface area contributed by atoms with E-state index in [0.717, 1.165) is 25.1 Å². The minimum absolute atomic E-state index is 0.0528.